The van der Waals surface area contributed by atoms with Crippen LogP contribution in [0.5, 0.6) is 0 Å². The predicted octanol–water partition coefficient (Wildman–Crippen LogP) is 2.94. The molecule has 1 aliphatic heterocycles. The van der Waals surface area contributed by atoms with Gasteiger partial charge in [-0.3, -0.25) is 4.90 Å². The van der Waals surface area contributed by atoms with Crippen molar-refractivity contribution in [3.63, 3.8) is 0 Å². The lowest BCUT2D eigenvalue weighted by Gasteiger charge is -2.27. The van der Waals surface area contributed by atoms with Gasteiger partial charge in [0, 0.05) is 29.2 Å². The van der Waals surface area contributed by atoms with Gasteiger partial charge in [0.05, 0.1) is 0 Å². The molecule has 1 aliphatic rings. The average molecular weight is 301 g/mol. The van der Waals surface area contributed by atoms with E-state index in [1.54, 1.807) is 6.07 Å². The number of nitrogens with zero attached hydrogens (tertiary/aromatic N) is 1. The molecule has 0 radical (unpaired) electrons. The van der Waals surface area contributed by atoms with Crippen molar-refractivity contribution in [3.05, 3.63) is 34.1 Å². The van der Waals surface area contributed by atoms with Crippen LogP contribution < -0.4 is 5.32 Å². The van der Waals surface area contributed by atoms with Gasteiger partial charge in [-0.1, -0.05) is 22.0 Å². The summed E-state index contributed by atoms with van der Waals surface area (Å²) in [7, 11) is 0. The second-order valence-electron chi connectivity index (χ2n) is 4.48. The zero-order valence-electron chi connectivity index (χ0n) is 10.0. The summed E-state index contributed by atoms with van der Waals surface area (Å²) in [5.41, 5.74) is 0.787. The van der Waals surface area contributed by atoms with Gasteiger partial charge in [0.15, 0.2) is 0 Å². The number of nitrogens with one attached hydrogen (secondary N) is 1. The average Bonchev–Trinajstić information content (AvgIpc) is 2.56. The first-order chi connectivity index (χ1) is 8.18. The SMILES string of the molecule is CC(c1ccc(Br)cc1F)N1CCCNCC1. The Morgan fingerprint density at radius 1 is 1.35 bits per heavy atom. The first-order valence-corrected chi connectivity index (χ1v) is 6.87. The monoisotopic (exact) mass is 300 g/mol. The highest BCUT2D eigenvalue weighted by atomic mass is 79.9. The van der Waals surface area contributed by atoms with Gasteiger partial charge in [-0.25, -0.2) is 4.39 Å². The Morgan fingerprint density at radius 2 is 2.18 bits per heavy atom. The minimum absolute atomic E-state index is 0.121. The van der Waals surface area contributed by atoms with E-state index >= 15 is 0 Å². The lowest BCUT2D eigenvalue weighted by molar-refractivity contribution is 0.221. The molecule has 94 valence electrons. The number of hydrogen-bond donors (Lipinski definition) is 1. The molecule has 2 nitrogen and oxygen atoms in total. The molecule has 1 unspecified atom stereocenters. The van der Waals surface area contributed by atoms with Crippen LogP contribution in [0.25, 0.3) is 0 Å². The second kappa shape index (κ2) is 5.94. The molecule has 0 bridgehead atoms. The van der Waals surface area contributed by atoms with E-state index in [4.69, 9.17) is 0 Å². The lowest BCUT2D eigenvalue weighted by atomic mass is 10.1. The molecule has 4 heteroatoms. The van der Waals surface area contributed by atoms with Gasteiger partial charge in [-0.2, -0.15) is 0 Å². The van der Waals surface area contributed by atoms with Gasteiger partial charge in [-0.15, -0.1) is 0 Å². The fraction of sp³-hybridized carbons (Fsp3) is 0.538. The molecule has 1 heterocycles. The van der Waals surface area contributed by atoms with Gasteiger partial charge >= 0.3 is 0 Å². The van der Waals surface area contributed by atoms with Crippen LogP contribution in [0.2, 0.25) is 0 Å². The van der Waals surface area contributed by atoms with Crippen molar-refractivity contribution in [2.75, 3.05) is 26.2 Å². The molecule has 0 amide bonds. The summed E-state index contributed by atoms with van der Waals surface area (Å²) in [4.78, 5) is 2.34. The molecule has 1 saturated heterocycles. The van der Waals surface area contributed by atoms with Crippen LogP contribution in [0.3, 0.4) is 0 Å². The maximum atomic E-state index is 13.9. The van der Waals surface area contributed by atoms with Crippen molar-refractivity contribution in [3.8, 4) is 0 Å². The molecule has 1 N–H and O–H groups in total. The molecule has 0 saturated carbocycles. The van der Waals surface area contributed by atoms with Crippen molar-refractivity contribution >= 4 is 15.9 Å². The lowest BCUT2D eigenvalue weighted by Crippen LogP contribution is -2.31. The number of hydrogen-bond acceptors (Lipinski definition) is 2. The van der Waals surface area contributed by atoms with Crippen LogP contribution in [0, 0.1) is 5.82 Å². The van der Waals surface area contributed by atoms with E-state index < -0.39 is 0 Å². The molecular formula is C13H18BrFN2. The quantitative estimate of drug-likeness (QED) is 0.903. The summed E-state index contributed by atoms with van der Waals surface area (Å²) < 4.78 is 14.7. The highest BCUT2D eigenvalue weighted by molar-refractivity contribution is 9.10. The Labute approximate surface area is 110 Å². The molecule has 2 rings (SSSR count). The molecule has 1 aromatic carbocycles. The van der Waals surface area contributed by atoms with Gasteiger partial charge in [-0.05, 0) is 38.6 Å². The van der Waals surface area contributed by atoms with Crippen LogP contribution >= 0.6 is 15.9 Å². The summed E-state index contributed by atoms with van der Waals surface area (Å²) in [5, 5.41) is 3.36. The molecule has 1 fully saturated rings. The summed E-state index contributed by atoms with van der Waals surface area (Å²) in [6, 6.07) is 5.47. The minimum Gasteiger partial charge on any atom is -0.315 e. The third kappa shape index (κ3) is 3.27. The van der Waals surface area contributed by atoms with Crippen LogP contribution in [0.15, 0.2) is 22.7 Å². The standard InChI is InChI=1S/C13H18BrFN2/c1-10(17-7-2-5-16-6-8-17)12-4-3-11(14)9-13(12)15/h3-4,9-10,16H,2,5-8H2,1H3. The first kappa shape index (κ1) is 13.0. The second-order valence-corrected chi connectivity index (χ2v) is 5.40. The zero-order valence-corrected chi connectivity index (χ0v) is 11.6. The number of halogens is 2. The Kier molecular flexibility index (Phi) is 4.54. The van der Waals surface area contributed by atoms with Gasteiger partial charge < -0.3 is 5.32 Å². The molecule has 0 aromatic heterocycles. The van der Waals surface area contributed by atoms with E-state index in [1.807, 2.05) is 12.1 Å². The van der Waals surface area contributed by atoms with E-state index in [2.05, 4.69) is 33.1 Å². The summed E-state index contributed by atoms with van der Waals surface area (Å²) >= 11 is 3.29. The Hall–Kier alpha value is -0.450. The first-order valence-electron chi connectivity index (χ1n) is 6.08. The van der Waals surface area contributed by atoms with Gasteiger partial charge in [0.1, 0.15) is 5.82 Å². The molecular weight excluding hydrogens is 283 g/mol. The van der Waals surface area contributed by atoms with Crippen LogP contribution in [0.4, 0.5) is 4.39 Å². The van der Waals surface area contributed by atoms with Crippen molar-refractivity contribution < 1.29 is 4.39 Å². The molecule has 0 spiro atoms. The predicted molar refractivity (Wildman–Crippen MR) is 71.6 cm³/mol. The minimum atomic E-state index is -0.121. The molecule has 1 atom stereocenters. The third-order valence-corrected chi connectivity index (χ3v) is 3.83. The normalized spacial score (nSPS) is 19.9. The highest BCUT2D eigenvalue weighted by Crippen LogP contribution is 2.25. The summed E-state index contributed by atoms with van der Waals surface area (Å²) in [6.07, 6.45) is 1.13. The summed E-state index contributed by atoms with van der Waals surface area (Å²) in [6.45, 7) is 6.15. The van der Waals surface area contributed by atoms with Gasteiger partial charge in [0.25, 0.3) is 0 Å². The molecule has 0 aliphatic carbocycles. The Morgan fingerprint density at radius 3 is 2.94 bits per heavy atom. The Bertz CT molecular complexity index is 376. The number of benzene rings is 1. The number of rotatable bonds is 2. The van der Waals surface area contributed by atoms with E-state index in [1.165, 1.54) is 0 Å². The molecule has 1 aromatic rings. The largest absolute Gasteiger partial charge is 0.315 e. The topological polar surface area (TPSA) is 15.3 Å². The van der Waals surface area contributed by atoms with Gasteiger partial charge in [0.2, 0.25) is 0 Å². The van der Waals surface area contributed by atoms with Crippen molar-refractivity contribution in [1.82, 2.24) is 10.2 Å². The summed E-state index contributed by atoms with van der Waals surface area (Å²) in [5.74, 6) is -0.121. The smallest absolute Gasteiger partial charge is 0.129 e. The maximum Gasteiger partial charge on any atom is 0.129 e. The molecule has 17 heavy (non-hydrogen) atoms. The fourth-order valence-electron chi connectivity index (χ4n) is 2.29. The van der Waals surface area contributed by atoms with Crippen molar-refractivity contribution in [1.29, 1.82) is 0 Å². The van der Waals surface area contributed by atoms with Crippen molar-refractivity contribution in [2.45, 2.75) is 19.4 Å². The van der Waals surface area contributed by atoms with Crippen LogP contribution in [-0.4, -0.2) is 31.1 Å². The fourth-order valence-corrected chi connectivity index (χ4v) is 2.62. The van der Waals surface area contributed by atoms with Crippen LogP contribution in [-0.2, 0) is 0 Å². The third-order valence-electron chi connectivity index (χ3n) is 3.33. The maximum absolute atomic E-state index is 13.9. The van der Waals surface area contributed by atoms with E-state index in [9.17, 15) is 4.39 Å². The van der Waals surface area contributed by atoms with Crippen LogP contribution in [0.1, 0.15) is 24.9 Å². The Balaban J connectivity index is 2.14. The van der Waals surface area contributed by atoms with E-state index in [0.29, 0.717) is 0 Å². The highest BCUT2D eigenvalue weighted by Gasteiger charge is 2.19. The van der Waals surface area contributed by atoms with Crippen molar-refractivity contribution in [2.24, 2.45) is 0 Å². The zero-order chi connectivity index (χ0) is 12.3. The van der Waals surface area contributed by atoms with E-state index in [-0.39, 0.29) is 11.9 Å². The van der Waals surface area contributed by atoms with E-state index in [0.717, 1.165) is 42.6 Å².